The maximum atomic E-state index is 5.41. The Bertz CT molecular complexity index is 182. The van der Waals surface area contributed by atoms with Gasteiger partial charge in [0.1, 0.15) is 0 Å². The molecule has 0 aromatic heterocycles. The summed E-state index contributed by atoms with van der Waals surface area (Å²) in [6.07, 6.45) is 14.8. The Balaban J connectivity index is -0.000000212. The van der Waals surface area contributed by atoms with Crippen molar-refractivity contribution in [2.45, 2.75) is 65.9 Å². The van der Waals surface area contributed by atoms with Gasteiger partial charge in [0.05, 0.1) is 6.10 Å². The summed E-state index contributed by atoms with van der Waals surface area (Å²) in [4.78, 5) is 0. The Morgan fingerprint density at radius 3 is 2.11 bits per heavy atom. The molecule has 0 radical (unpaired) electrons. The van der Waals surface area contributed by atoms with Gasteiger partial charge in [0.15, 0.2) is 0 Å². The van der Waals surface area contributed by atoms with Crippen molar-refractivity contribution in [1.29, 1.82) is 0 Å². The van der Waals surface area contributed by atoms with E-state index in [2.05, 4.69) is 32.4 Å². The second-order valence-corrected chi connectivity index (χ2v) is 3.49. The summed E-state index contributed by atoms with van der Waals surface area (Å²) in [5.41, 5.74) is 0. The summed E-state index contributed by atoms with van der Waals surface area (Å²) in [7, 11) is 0. The maximum Gasteiger partial charge on any atom is 0.0579 e. The molecule has 0 bridgehead atoms. The minimum Gasteiger partial charge on any atom is -0.378 e. The normalized spacial score (nSPS) is 15.4. The van der Waals surface area contributed by atoms with Crippen LogP contribution in [0.1, 0.15) is 59.8 Å². The van der Waals surface area contributed by atoms with Gasteiger partial charge in [-0.25, -0.2) is 0 Å². The van der Waals surface area contributed by atoms with E-state index >= 15 is 0 Å². The van der Waals surface area contributed by atoms with E-state index in [0.29, 0.717) is 6.10 Å². The summed E-state index contributed by atoms with van der Waals surface area (Å²) in [6, 6.07) is 0. The minimum absolute atomic E-state index is 0.544. The van der Waals surface area contributed by atoms with Gasteiger partial charge in [-0.2, -0.15) is 0 Å². The molecule has 1 fully saturated rings. The van der Waals surface area contributed by atoms with Crippen molar-refractivity contribution in [3.63, 3.8) is 0 Å². The largest absolute Gasteiger partial charge is 0.378 e. The zero-order valence-electron chi connectivity index (χ0n) is 12.9. The van der Waals surface area contributed by atoms with E-state index in [-0.39, 0.29) is 0 Å². The van der Waals surface area contributed by atoms with E-state index in [9.17, 15) is 0 Å². The maximum absolute atomic E-state index is 5.41. The van der Waals surface area contributed by atoms with E-state index in [1.54, 1.807) is 6.92 Å². The Morgan fingerprint density at radius 2 is 1.83 bits per heavy atom. The lowest BCUT2D eigenvalue weighted by Crippen LogP contribution is -2.02. The minimum atomic E-state index is 0.544. The molecule has 1 saturated heterocycles. The van der Waals surface area contributed by atoms with E-state index in [1.807, 2.05) is 26.0 Å². The molecule has 0 aliphatic carbocycles. The molecule has 1 rings (SSSR count). The fraction of sp³-hybridized carbons (Fsp3) is 0.647. The van der Waals surface area contributed by atoms with E-state index in [4.69, 9.17) is 4.74 Å². The van der Waals surface area contributed by atoms with Crippen molar-refractivity contribution in [2.24, 2.45) is 0 Å². The van der Waals surface area contributed by atoms with E-state index in [0.717, 1.165) is 19.4 Å². The highest BCUT2D eigenvalue weighted by atomic mass is 16.5. The summed E-state index contributed by atoms with van der Waals surface area (Å²) in [5.74, 6) is 2.25. The molecule has 0 saturated carbocycles. The average Bonchev–Trinajstić information content (AvgIpc) is 2.93. The molecule has 1 unspecified atom stereocenters. The van der Waals surface area contributed by atoms with Crippen LogP contribution >= 0.6 is 0 Å². The lowest BCUT2D eigenvalue weighted by atomic mass is 10.1. The number of hydrogen-bond donors (Lipinski definition) is 0. The Labute approximate surface area is 115 Å². The van der Waals surface area contributed by atoms with Gasteiger partial charge < -0.3 is 4.74 Å². The topological polar surface area (TPSA) is 9.23 Å². The van der Waals surface area contributed by atoms with Crippen LogP contribution in [0.2, 0.25) is 0 Å². The highest BCUT2D eigenvalue weighted by Crippen LogP contribution is 2.16. The highest BCUT2D eigenvalue weighted by Gasteiger charge is 2.13. The molecule has 18 heavy (non-hydrogen) atoms. The van der Waals surface area contributed by atoms with Crippen molar-refractivity contribution >= 4 is 0 Å². The molecular weight excluding hydrogens is 220 g/mol. The molecule has 0 N–H and O–H groups in total. The molecule has 0 aromatic carbocycles. The van der Waals surface area contributed by atoms with Crippen LogP contribution < -0.4 is 0 Å². The molecule has 1 heteroatoms. The lowest BCUT2D eigenvalue weighted by molar-refractivity contribution is 0.105. The number of terminal acetylenes is 1. The average molecular weight is 252 g/mol. The summed E-state index contributed by atoms with van der Waals surface area (Å²) >= 11 is 0. The monoisotopic (exact) mass is 252 g/mol. The van der Waals surface area contributed by atoms with Gasteiger partial charge in [-0.1, -0.05) is 32.9 Å². The zero-order valence-corrected chi connectivity index (χ0v) is 12.9. The summed E-state index contributed by atoms with van der Waals surface area (Å²) < 4.78 is 5.41. The molecule has 0 amide bonds. The van der Waals surface area contributed by atoms with Gasteiger partial charge in [-0.15, -0.1) is 25.5 Å². The second kappa shape index (κ2) is 25.0. The van der Waals surface area contributed by atoms with Crippen molar-refractivity contribution in [1.82, 2.24) is 0 Å². The number of rotatable bonds is 4. The zero-order chi connectivity index (χ0) is 14.6. The Kier molecular flexibility index (Phi) is 30.8. The van der Waals surface area contributed by atoms with E-state index in [1.165, 1.54) is 19.3 Å². The number of hydrogen-bond acceptors (Lipinski definition) is 1. The first-order valence-electron chi connectivity index (χ1n) is 6.97. The van der Waals surface area contributed by atoms with Crippen molar-refractivity contribution < 1.29 is 4.74 Å². The third-order valence-electron chi connectivity index (χ3n) is 2.01. The third kappa shape index (κ3) is 24.3. The van der Waals surface area contributed by atoms with Crippen molar-refractivity contribution in [3.8, 4) is 12.3 Å². The number of ether oxygens (including phenoxy) is 1. The van der Waals surface area contributed by atoms with Crippen molar-refractivity contribution in [2.75, 3.05) is 6.61 Å². The first-order chi connectivity index (χ1) is 8.76. The predicted octanol–water partition coefficient (Wildman–Crippen LogP) is 5.38. The third-order valence-corrected chi connectivity index (χ3v) is 2.01. The lowest BCUT2D eigenvalue weighted by Gasteiger charge is -2.04. The van der Waals surface area contributed by atoms with Gasteiger partial charge in [-0.05, 0) is 39.0 Å². The molecule has 0 spiro atoms. The van der Waals surface area contributed by atoms with Gasteiger partial charge >= 0.3 is 0 Å². The van der Waals surface area contributed by atoms with Crippen LogP contribution in [-0.2, 0) is 4.74 Å². The predicted molar refractivity (Wildman–Crippen MR) is 84.7 cm³/mol. The molecule has 1 nitrogen and oxygen atoms in total. The van der Waals surface area contributed by atoms with Crippen LogP contribution in [0.4, 0.5) is 0 Å². The van der Waals surface area contributed by atoms with Gasteiger partial charge in [0, 0.05) is 6.61 Å². The van der Waals surface area contributed by atoms with Crippen LogP contribution in [0.15, 0.2) is 25.3 Å². The van der Waals surface area contributed by atoms with Gasteiger partial charge in [0.25, 0.3) is 0 Å². The van der Waals surface area contributed by atoms with Gasteiger partial charge in [0.2, 0.25) is 0 Å². The number of allylic oxidation sites excluding steroid dienone is 2. The fourth-order valence-corrected chi connectivity index (χ4v) is 1.18. The highest BCUT2D eigenvalue weighted by molar-refractivity contribution is 4.73. The Morgan fingerprint density at radius 1 is 1.33 bits per heavy atom. The molecule has 1 aliphatic rings. The molecule has 0 aromatic rings. The summed E-state index contributed by atoms with van der Waals surface area (Å²) in [5, 5.41) is 0. The van der Waals surface area contributed by atoms with Crippen LogP contribution in [0.25, 0.3) is 0 Å². The first kappa shape index (κ1) is 22.2. The molecule has 106 valence electrons. The quantitative estimate of drug-likeness (QED) is 0.482. The summed E-state index contributed by atoms with van der Waals surface area (Å²) in [6.45, 7) is 15.8. The van der Waals surface area contributed by atoms with Crippen LogP contribution in [0.5, 0.6) is 0 Å². The van der Waals surface area contributed by atoms with E-state index < -0.39 is 0 Å². The smallest absolute Gasteiger partial charge is 0.0579 e. The fourth-order valence-electron chi connectivity index (χ4n) is 1.18. The molecule has 1 aliphatic heterocycles. The Hall–Kier alpha value is -1.00. The molecular formula is C17H32O. The second-order valence-electron chi connectivity index (χ2n) is 3.49. The van der Waals surface area contributed by atoms with Crippen molar-refractivity contribution in [3.05, 3.63) is 25.3 Å². The van der Waals surface area contributed by atoms with Crippen LogP contribution in [0, 0.1) is 12.3 Å². The van der Waals surface area contributed by atoms with Crippen LogP contribution in [0.3, 0.4) is 0 Å². The standard InChI is InChI=1S/C8H14O.C4H8.C3H4.C2H6/c1-2-3-5-8-6-4-7-9-8;1-3-4-2;1-3-2;1-2/h2,8H,1,3-7H2;3H,1,4H2,2H3;1H,2H3;1-2H3. The molecule has 1 atom stereocenters. The molecule has 1 heterocycles. The van der Waals surface area contributed by atoms with Crippen LogP contribution in [-0.4, -0.2) is 12.7 Å². The SMILES string of the molecule is C#CC.C=CCC.C=CCCC1CCCO1.CC. The first-order valence-corrected chi connectivity index (χ1v) is 6.97. The van der Waals surface area contributed by atoms with Gasteiger partial charge in [-0.3, -0.25) is 0 Å².